The number of carbonyl (C=O) groups excluding carboxylic acids is 1. The molecule has 16 heavy (non-hydrogen) atoms. The smallest absolute Gasteiger partial charge is 0.265 e. The lowest BCUT2D eigenvalue weighted by Gasteiger charge is -2.24. The molecule has 5 heteroatoms. The van der Waals surface area contributed by atoms with Gasteiger partial charge in [-0.25, -0.2) is 0 Å². The highest BCUT2D eigenvalue weighted by Gasteiger charge is 2.35. The molecule has 0 saturated carbocycles. The highest BCUT2D eigenvalue weighted by atomic mass is 35.5. The van der Waals surface area contributed by atoms with Crippen molar-refractivity contribution >= 4 is 40.4 Å². The fraction of sp³-hybridized carbons (Fsp3) is 0.545. The van der Waals surface area contributed by atoms with Gasteiger partial charge in [0.2, 0.25) is 0 Å². The number of thiophene rings is 1. The van der Waals surface area contributed by atoms with Crippen LogP contribution in [-0.4, -0.2) is 29.3 Å². The summed E-state index contributed by atoms with van der Waals surface area (Å²) in [4.78, 5) is 14.7. The molecule has 2 rings (SSSR count). The van der Waals surface area contributed by atoms with Crippen LogP contribution in [0.3, 0.4) is 0 Å². The molecule has 0 spiro atoms. The first-order valence-electron chi connectivity index (χ1n) is 5.25. The first-order chi connectivity index (χ1) is 7.65. The molecular formula is C11H13Cl2NOS. The molecule has 0 bridgehead atoms. The van der Waals surface area contributed by atoms with Gasteiger partial charge in [-0.05, 0) is 23.8 Å². The summed E-state index contributed by atoms with van der Waals surface area (Å²) >= 11 is 13.3. The summed E-state index contributed by atoms with van der Waals surface area (Å²) in [5.41, 5.74) is 0. The third kappa shape index (κ3) is 2.08. The molecule has 2 heterocycles. The Bertz CT molecular complexity index is 393. The third-order valence-corrected chi connectivity index (χ3v) is 4.76. The van der Waals surface area contributed by atoms with E-state index in [-0.39, 0.29) is 11.9 Å². The van der Waals surface area contributed by atoms with Crippen molar-refractivity contribution in [3.8, 4) is 0 Å². The molecule has 2 atom stereocenters. The van der Waals surface area contributed by atoms with Gasteiger partial charge in [0.05, 0.1) is 5.02 Å². The predicted molar refractivity (Wildman–Crippen MR) is 68.7 cm³/mol. The quantitative estimate of drug-likeness (QED) is 0.758. The van der Waals surface area contributed by atoms with Gasteiger partial charge in [0.1, 0.15) is 4.88 Å². The Morgan fingerprint density at radius 3 is 3.00 bits per heavy atom. The normalized spacial score (nSPS) is 25.1. The summed E-state index contributed by atoms with van der Waals surface area (Å²) in [6.45, 7) is 2.92. The SMILES string of the molecule is CC1CCN(C(=O)c2sccc2Cl)C1CCl. The van der Waals surface area contributed by atoms with E-state index in [1.807, 2.05) is 10.3 Å². The fourth-order valence-corrected chi connectivity index (χ4v) is 3.63. The number of alkyl halides is 1. The van der Waals surface area contributed by atoms with Gasteiger partial charge >= 0.3 is 0 Å². The Hall–Kier alpha value is -0.250. The molecule has 2 unspecified atom stereocenters. The van der Waals surface area contributed by atoms with E-state index in [1.54, 1.807) is 6.07 Å². The second-order valence-corrected chi connectivity index (χ2v) is 5.72. The lowest BCUT2D eigenvalue weighted by Crippen LogP contribution is -2.38. The van der Waals surface area contributed by atoms with E-state index >= 15 is 0 Å². The molecule has 0 aliphatic carbocycles. The monoisotopic (exact) mass is 277 g/mol. The molecule has 1 saturated heterocycles. The van der Waals surface area contributed by atoms with Crippen LogP contribution in [0.15, 0.2) is 11.4 Å². The van der Waals surface area contributed by atoms with Gasteiger partial charge in [-0.2, -0.15) is 0 Å². The van der Waals surface area contributed by atoms with Crippen molar-refractivity contribution in [1.82, 2.24) is 4.90 Å². The topological polar surface area (TPSA) is 20.3 Å². The third-order valence-electron chi connectivity index (χ3n) is 3.11. The van der Waals surface area contributed by atoms with E-state index in [0.29, 0.717) is 21.7 Å². The van der Waals surface area contributed by atoms with Gasteiger partial charge in [-0.3, -0.25) is 4.79 Å². The first kappa shape index (κ1) is 12.2. The van der Waals surface area contributed by atoms with Crippen LogP contribution in [0.25, 0.3) is 0 Å². The largest absolute Gasteiger partial charge is 0.333 e. The van der Waals surface area contributed by atoms with E-state index in [4.69, 9.17) is 23.2 Å². The molecule has 0 aromatic carbocycles. The van der Waals surface area contributed by atoms with E-state index in [2.05, 4.69) is 6.92 Å². The molecule has 1 aliphatic heterocycles. The second kappa shape index (κ2) is 4.94. The van der Waals surface area contributed by atoms with Crippen molar-refractivity contribution in [2.24, 2.45) is 5.92 Å². The van der Waals surface area contributed by atoms with Crippen LogP contribution < -0.4 is 0 Å². The minimum Gasteiger partial charge on any atom is -0.333 e. The van der Waals surface area contributed by atoms with Gasteiger partial charge in [-0.15, -0.1) is 22.9 Å². The summed E-state index contributed by atoms with van der Waals surface area (Å²) in [7, 11) is 0. The second-order valence-electron chi connectivity index (χ2n) is 4.08. The predicted octanol–water partition coefficient (Wildman–Crippen LogP) is 3.49. The van der Waals surface area contributed by atoms with Crippen LogP contribution in [0.1, 0.15) is 23.0 Å². The summed E-state index contributed by atoms with van der Waals surface area (Å²) in [5.74, 6) is 0.991. The van der Waals surface area contributed by atoms with Crippen molar-refractivity contribution in [1.29, 1.82) is 0 Å². The lowest BCUT2D eigenvalue weighted by atomic mass is 10.1. The van der Waals surface area contributed by atoms with Crippen molar-refractivity contribution in [3.63, 3.8) is 0 Å². The van der Waals surface area contributed by atoms with Crippen molar-refractivity contribution in [2.75, 3.05) is 12.4 Å². The average molecular weight is 278 g/mol. The van der Waals surface area contributed by atoms with Crippen LogP contribution in [0.4, 0.5) is 0 Å². The van der Waals surface area contributed by atoms with Crippen LogP contribution in [0, 0.1) is 5.92 Å². The zero-order valence-corrected chi connectivity index (χ0v) is 11.3. The molecular weight excluding hydrogens is 265 g/mol. The summed E-state index contributed by atoms with van der Waals surface area (Å²) in [6.07, 6.45) is 1.02. The van der Waals surface area contributed by atoms with Gasteiger partial charge in [0.15, 0.2) is 0 Å². The van der Waals surface area contributed by atoms with Gasteiger partial charge in [0, 0.05) is 18.5 Å². The molecule has 1 fully saturated rings. The Morgan fingerprint density at radius 2 is 2.44 bits per heavy atom. The van der Waals surface area contributed by atoms with Crippen molar-refractivity contribution in [3.05, 3.63) is 21.3 Å². The van der Waals surface area contributed by atoms with Gasteiger partial charge in [-0.1, -0.05) is 18.5 Å². The Kier molecular flexibility index (Phi) is 3.77. The minimum absolute atomic E-state index is 0.0231. The minimum atomic E-state index is 0.0231. The number of hydrogen-bond acceptors (Lipinski definition) is 2. The Morgan fingerprint density at radius 1 is 1.69 bits per heavy atom. The highest BCUT2D eigenvalue weighted by Crippen LogP contribution is 2.30. The number of likely N-dealkylation sites (tertiary alicyclic amines) is 1. The maximum Gasteiger partial charge on any atom is 0.265 e. The Labute approximate surface area is 109 Å². The zero-order chi connectivity index (χ0) is 11.7. The van der Waals surface area contributed by atoms with Gasteiger partial charge in [0.25, 0.3) is 5.91 Å². The Balaban J connectivity index is 2.20. The van der Waals surface area contributed by atoms with E-state index < -0.39 is 0 Å². The number of nitrogens with zero attached hydrogens (tertiary/aromatic N) is 1. The molecule has 1 aromatic heterocycles. The summed E-state index contributed by atoms with van der Waals surface area (Å²) in [5, 5.41) is 2.38. The molecule has 0 N–H and O–H groups in total. The molecule has 1 aliphatic rings. The van der Waals surface area contributed by atoms with Crippen LogP contribution in [0.2, 0.25) is 5.02 Å². The standard InChI is InChI=1S/C11H13Cl2NOS/c1-7-2-4-14(9(7)6-12)11(15)10-8(13)3-5-16-10/h3,5,7,9H,2,4,6H2,1H3. The first-order valence-corrected chi connectivity index (χ1v) is 7.04. The number of halogens is 2. The fourth-order valence-electron chi connectivity index (χ4n) is 2.07. The van der Waals surface area contributed by atoms with E-state index in [0.717, 1.165) is 13.0 Å². The maximum absolute atomic E-state index is 12.2. The summed E-state index contributed by atoms with van der Waals surface area (Å²) < 4.78 is 0. The molecule has 88 valence electrons. The van der Waals surface area contributed by atoms with Crippen molar-refractivity contribution in [2.45, 2.75) is 19.4 Å². The van der Waals surface area contributed by atoms with E-state index in [1.165, 1.54) is 11.3 Å². The summed E-state index contributed by atoms with van der Waals surface area (Å²) in [6, 6.07) is 1.90. The van der Waals surface area contributed by atoms with Gasteiger partial charge < -0.3 is 4.90 Å². The van der Waals surface area contributed by atoms with Crippen molar-refractivity contribution < 1.29 is 4.79 Å². The number of carbonyl (C=O) groups is 1. The molecule has 0 radical (unpaired) electrons. The number of hydrogen-bond donors (Lipinski definition) is 0. The van der Waals surface area contributed by atoms with Crippen LogP contribution >= 0.6 is 34.5 Å². The van der Waals surface area contributed by atoms with Crippen LogP contribution in [-0.2, 0) is 0 Å². The number of amides is 1. The van der Waals surface area contributed by atoms with E-state index in [9.17, 15) is 4.79 Å². The van der Waals surface area contributed by atoms with Crippen LogP contribution in [0.5, 0.6) is 0 Å². The molecule has 2 nitrogen and oxygen atoms in total. The lowest BCUT2D eigenvalue weighted by molar-refractivity contribution is 0.0742. The highest BCUT2D eigenvalue weighted by molar-refractivity contribution is 7.12. The molecule has 1 aromatic rings. The average Bonchev–Trinajstić information content (AvgIpc) is 2.83. The maximum atomic E-state index is 12.2. The molecule has 1 amide bonds. The zero-order valence-electron chi connectivity index (χ0n) is 8.95. The number of rotatable bonds is 2.